The second-order valence-corrected chi connectivity index (χ2v) is 7.00. The quantitative estimate of drug-likeness (QED) is 0.779. The molecule has 0 unspecified atom stereocenters. The predicted octanol–water partition coefficient (Wildman–Crippen LogP) is 4.84. The van der Waals surface area contributed by atoms with Crippen molar-refractivity contribution in [2.75, 3.05) is 0 Å². The molecule has 0 radical (unpaired) electrons. The second kappa shape index (κ2) is 6.23. The van der Waals surface area contributed by atoms with Crippen LogP contribution in [0.1, 0.15) is 10.4 Å². The zero-order valence-corrected chi connectivity index (χ0v) is 13.1. The van der Waals surface area contributed by atoms with E-state index < -0.39 is 11.6 Å². The maximum Gasteiger partial charge on any atom is 0.159 e. The average Bonchev–Trinajstić information content (AvgIpc) is 2.63. The maximum absolute atomic E-state index is 13.0. The lowest BCUT2D eigenvalue weighted by atomic mass is 10.2. The first-order valence-corrected chi connectivity index (χ1v) is 7.55. The van der Waals surface area contributed by atoms with Gasteiger partial charge in [-0.15, -0.1) is 11.3 Å². The summed E-state index contributed by atoms with van der Waals surface area (Å²) in [6.07, 6.45) is 0. The number of halogens is 4. The van der Waals surface area contributed by atoms with Gasteiger partial charge in [0.1, 0.15) is 0 Å². The number of rotatable bonds is 4. The zero-order valence-electron chi connectivity index (χ0n) is 9.14. The molecule has 0 atom stereocenters. The minimum atomic E-state index is -0.815. The van der Waals surface area contributed by atoms with Crippen LogP contribution in [0.4, 0.5) is 8.78 Å². The van der Waals surface area contributed by atoms with Gasteiger partial charge in [-0.05, 0) is 55.6 Å². The summed E-state index contributed by atoms with van der Waals surface area (Å²) in [5.41, 5.74) is 0.726. The summed E-state index contributed by atoms with van der Waals surface area (Å²) in [6.45, 7) is 1.19. The molecule has 1 nitrogen and oxygen atoms in total. The van der Waals surface area contributed by atoms with E-state index in [9.17, 15) is 8.78 Å². The molecular weight excluding hydrogens is 388 g/mol. The van der Waals surface area contributed by atoms with Crippen molar-refractivity contribution in [2.45, 2.75) is 13.1 Å². The third-order valence-corrected chi connectivity index (χ3v) is 5.56. The van der Waals surface area contributed by atoms with Gasteiger partial charge in [0, 0.05) is 22.4 Å². The molecule has 18 heavy (non-hydrogen) atoms. The Balaban J connectivity index is 1.90. The third-order valence-electron chi connectivity index (χ3n) is 2.31. The van der Waals surface area contributed by atoms with Crippen molar-refractivity contribution in [1.29, 1.82) is 0 Å². The van der Waals surface area contributed by atoms with E-state index >= 15 is 0 Å². The van der Waals surface area contributed by atoms with Crippen LogP contribution in [0.3, 0.4) is 0 Å². The molecule has 1 N–H and O–H groups in total. The highest BCUT2D eigenvalue weighted by Gasteiger charge is 2.05. The molecule has 0 saturated heterocycles. The van der Waals surface area contributed by atoms with Crippen LogP contribution in [-0.4, -0.2) is 0 Å². The Bertz CT molecular complexity index is 538. The molecule has 0 saturated carbocycles. The van der Waals surface area contributed by atoms with Crippen LogP contribution in [0, 0.1) is 11.6 Å². The number of hydrogen-bond donors (Lipinski definition) is 1. The Labute approximate surface area is 124 Å². The highest BCUT2D eigenvalue weighted by atomic mass is 79.9. The van der Waals surface area contributed by atoms with Gasteiger partial charge in [0.2, 0.25) is 0 Å². The lowest BCUT2D eigenvalue weighted by Crippen LogP contribution is -2.12. The first kappa shape index (κ1) is 14.1. The van der Waals surface area contributed by atoms with E-state index in [0.29, 0.717) is 13.1 Å². The summed E-state index contributed by atoms with van der Waals surface area (Å²) < 4.78 is 27.8. The van der Waals surface area contributed by atoms with Crippen LogP contribution in [0.2, 0.25) is 0 Å². The van der Waals surface area contributed by atoms with Crippen LogP contribution in [0.25, 0.3) is 0 Å². The second-order valence-electron chi connectivity index (χ2n) is 3.69. The molecule has 2 rings (SSSR count). The van der Waals surface area contributed by atoms with Crippen molar-refractivity contribution in [3.05, 3.63) is 54.6 Å². The largest absolute Gasteiger partial charge is 0.308 e. The summed E-state index contributed by atoms with van der Waals surface area (Å²) in [4.78, 5) is 1.16. The smallest absolute Gasteiger partial charge is 0.159 e. The van der Waals surface area contributed by atoms with Gasteiger partial charge in [0.15, 0.2) is 11.6 Å². The molecule has 0 aliphatic rings. The molecule has 96 valence electrons. The van der Waals surface area contributed by atoms with E-state index in [4.69, 9.17) is 0 Å². The van der Waals surface area contributed by atoms with E-state index in [0.717, 1.165) is 24.8 Å². The van der Waals surface area contributed by atoms with Gasteiger partial charge >= 0.3 is 0 Å². The molecule has 0 aliphatic heterocycles. The van der Waals surface area contributed by atoms with E-state index in [1.165, 1.54) is 6.07 Å². The highest BCUT2D eigenvalue weighted by Crippen LogP contribution is 2.32. The number of benzene rings is 1. The standard InChI is InChI=1S/C12H9Br2F2NS/c13-9-4-8(18-12(9)14)6-17-5-7-1-2-10(15)11(16)3-7/h1-4,17H,5-6H2. The van der Waals surface area contributed by atoms with Gasteiger partial charge in [0.25, 0.3) is 0 Å². The number of thiophene rings is 1. The van der Waals surface area contributed by atoms with Crippen molar-refractivity contribution in [3.63, 3.8) is 0 Å². The van der Waals surface area contributed by atoms with Crippen LogP contribution in [0.5, 0.6) is 0 Å². The molecule has 0 bridgehead atoms. The Hall–Kier alpha value is -0.300. The maximum atomic E-state index is 13.0. The van der Waals surface area contributed by atoms with Gasteiger partial charge in [-0.25, -0.2) is 8.78 Å². The summed E-state index contributed by atoms with van der Waals surface area (Å²) in [5, 5.41) is 3.18. The molecule has 1 aromatic heterocycles. The van der Waals surface area contributed by atoms with Crippen molar-refractivity contribution in [2.24, 2.45) is 0 Å². The summed E-state index contributed by atoms with van der Waals surface area (Å²) in [7, 11) is 0. The Kier molecular flexibility index (Phi) is 4.89. The molecule has 0 amide bonds. The molecule has 2 aromatic rings. The Morgan fingerprint density at radius 1 is 1.06 bits per heavy atom. The van der Waals surface area contributed by atoms with Crippen molar-refractivity contribution >= 4 is 43.2 Å². The fraction of sp³-hybridized carbons (Fsp3) is 0.167. The molecular formula is C12H9Br2F2NS. The van der Waals surface area contributed by atoms with Crippen LogP contribution in [0.15, 0.2) is 32.5 Å². The van der Waals surface area contributed by atoms with Gasteiger partial charge < -0.3 is 5.32 Å². The Morgan fingerprint density at radius 2 is 1.83 bits per heavy atom. The fourth-order valence-electron chi connectivity index (χ4n) is 1.46. The van der Waals surface area contributed by atoms with E-state index in [1.54, 1.807) is 17.4 Å². The topological polar surface area (TPSA) is 12.0 Å². The van der Waals surface area contributed by atoms with E-state index in [1.807, 2.05) is 6.07 Å². The Morgan fingerprint density at radius 3 is 2.44 bits per heavy atom. The first-order valence-electron chi connectivity index (χ1n) is 5.14. The molecule has 1 heterocycles. The first-order chi connectivity index (χ1) is 8.56. The lowest BCUT2D eigenvalue weighted by molar-refractivity contribution is 0.506. The minimum Gasteiger partial charge on any atom is -0.308 e. The number of nitrogens with one attached hydrogen (secondary N) is 1. The molecule has 6 heteroatoms. The van der Waals surface area contributed by atoms with Gasteiger partial charge in [-0.2, -0.15) is 0 Å². The number of hydrogen-bond acceptors (Lipinski definition) is 2. The average molecular weight is 397 g/mol. The minimum absolute atomic E-state index is 0.504. The van der Waals surface area contributed by atoms with Gasteiger partial charge in [-0.1, -0.05) is 6.07 Å². The van der Waals surface area contributed by atoms with Gasteiger partial charge in [-0.3, -0.25) is 0 Å². The molecule has 1 aromatic carbocycles. The lowest BCUT2D eigenvalue weighted by Gasteiger charge is -2.03. The SMILES string of the molecule is Fc1ccc(CNCc2cc(Br)c(Br)s2)cc1F. The molecule has 0 aliphatic carbocycles. The highest BCUT2D eigenvalue weighted by molar-refractivity contribution is 9.13. The van der Waals surface area contributed by atoms with Crippen molar-refractivity contribution < 1.29 is 8.78 Å². The van der Waals surface area contributed by atoms with Crippen LogP contribution in [-0.2, 0) is 13.1 Å². The van der Waals surface area contributed by atoms with Crippen LogP contribution >= 0.6 is 43.2 Å². The summed E-state index contributed by atoms with van der Waals surface area (Å²) >= 11 is 8.47. The van der Waals surface area contributed by atoms with E-state index in [-0.39, 0.29) is 0 Å². The monoisotopic (exact) mass is 395 g/mol. The fourth-order valence-corrected chi connectivity index (χ4v) is 3.60. The van der Waals surface area contributed by atoms with Gasteiger partial charge in [0.05, 0.1) is 3.79 Å². The third kappa shape index (κ3) is 3.60. The van der Waals surface area contributed by atoms with Crippen molar-refractivity contribution in [1.82, 2.24) is 5.32 Å². The van der Waals surface area contributed by atoms with E-state index in [2.05, 4.69) is 37.2 Å². The molecule has 0 fully saturated rings. The molecule has 0 spiro atoms. The predicted molar refractivity (Wildman–Crippen MR) is 76.6 cm³/mol. The van der Waals surface area contributed by atoms with Crippen LogP contribution < -0.4 is 5.32 Å². The van der Waals surface area contributed by atoms with Crippen molar-refractivity contribution in [3.8, 4) is 0 Å². The summed E-state index contributed by atoms with van der Waals surface area (Å²) in [6, 6.07) is 5.95. The zero-order chi connectivity index (χ0) is 13.1. The normalized spacial score (nSPS) is 10.9. The summed E-state index contributed by atoms with van der Waals surface area (Å²) in [5.74, 6) is -1.62.